The summed E-state index contributed by atoms with van der Waals surface area (Å²) in [6.45, 7) is 2.23. The number of carboxylic acids is 1. The van der Waals surface area contributed by atoms with Gasteiger partial charge in [0.15, 0.2) is 0 Å². The van der Waals surface area contributed by atoms with Gasteiger partial charge in [-0.3, -0.25) is 4.79 Å². The molecule has 0 rings (SSSR count). The maximum Gasteiger partial charge on any atom is 0.326 e. The first kappa shape index (κ1) is 28.5. The van der Waals surface area contributed by atoms with Crippen molar-refractivity contribution >= 4 is 23.6 Å². The highest BCUT2D eigenvalue weighted by Crippen LogP contribution is 2.08. The number of carbonyl (C=O) groups is 2. The van der Waals surface area contributed by atoms with Crippen LogP contribution in [0.15, 0.2) is 36.5 Å². The Hall–Kier alpha value is -1.49. The molecular weight excluding hydrogens is 394 g/mol. The Morgan fingerprint density at radius 2 is 1.43 bits per heavy atom. The molecule has 0 saturated heterocycles. The maximum atomic E-state index is 11.9. The fourth-order valence-electron chi connectivity index (χ4n) is 2.95. The minimum absolute atomic E-state index is 0.147. The van der Waals surface area contributed by atoms with Gasteiger partial charge in [0.25, 0.3) is 0 Å². The lowest BCUT2D eigenvalue weighted by atomic mass is 10.1. The highest BCUT2D eigenvalue weighted by Gasteiger charge is 2.18. The Balaban J connectivity index is 3.58. The van der Waals surface area contributed by atoms with Gasteiger partial charge in [-0.15, -0.1) is 0 Å². The molecule has 0 saturated carbocycles. The fraction of sp³-hybridized carbons (Fsp3) is 0.680. The van der Waals surface area contributed by atoms with Crippen LogP contribution in [-0.4, -0.2) is 35.0 Å². The number of unbranched alkanes of at least 4 members (excludes halogenated alkanes) is 7. The summed E-state index contributed by atoms with van der Waals surface area (Å²) in [7, 11) is 0. The Morgan fingerprint density at radius 3 is 2.00 bits per heavy atom. The van der Waals surface area contributed by atoms with Crippen LogP contribution < -0.4 is 5.32 Å². The first-order valence-corrected chi connectivity index (χ1v) is 13.0. The van der Waals surface area contributed by atoms with Crippen LogP contribution in [0.3, 0.4) is 0 Å². The zero-order valence-electron chi connectivity index (χ0n) is 19.1. The van der Waals surface area contributed by atoms with Gasteiger partial charge in [0, 0.05) is 6.42 Å². The number of hydrogen-bond donors (Lipinski definition) is 2. The van der Waals surface area contributed by atoms with Crippen LogP contribution in [0, 0.1) is 0 Å². The summed E-state index contributed by atoms with van der Waals surface area (Å²) in [5.74, 6) is -0.361. The van der Waals surface area contributed by atoms with Crippen molar-refractivity contribution in [1.82, 2.24) is 5.32 Å². The molecule has 0 aliphatic carbocycles. The molecule has 0 aromatic heterocycles. The summed E-state index contributed by atoms with van der Waals surface area (Å²) >= 11 is 1.59. The van der Waals surface area contributed by atoms with E-state index in [0.29, 0.717) is 12.8 Å². The average molecular weight is 438 g/mol. The van der Waals surface area contributed by atoms with E-state index in [2.05, 4.69) is 48.7 Å². The molecule has 5 heteroatoms. The van der Waals surface area contributed by atoms with Crippen molar-refractivity contribution < 1.29 is 14.7 Å². The summed E-state index contributed by atoms with van der Waals surface area (Å²) < 4.78 is 0. The van der Waals surface area contributed by atoms with Gasteiger partial charge in [-0.2, -0.15) is 11.8 Å². The number of rotatable bonds is 20. The molecule has 4 nitrogen and oxygen atoms in total. The smallest absolute Gasteiger partial charge is 0.326 e. The topological polar surface area (TPSA) is 66.4 Å². The lowest BCUT2D eigenvalue weighted by Gasteiger charge is -2.13. The van der Waals surface area contributed by atoms with E-state index in [-0.39, 0.29) is 5.91 Å². The van der Waals surface area contributed by atoms with E-state index < -0.39 is 12.0 Å². The molecule has 0 aliphatic heterocycles. The van der Waals surface area contributed by atoms with Crippen LogP contribution in [0.5, 0.6) is 0 Å². The van der Waals surface area contributed by atoms with Gasteiger partial charge < -0.3 is 10.4 Å². The second-order valence-corrected chi connectivity index (χ2v) is 8.56. The van der Waals surface area contributed by atoms with Gasteiger partial charge in [0.2, 0.25) is 5.91 Å². The van der Waals surface area contributed by atoms with Crippen LogP contribution in [0.1, 0.15) is 90.4 Å². The molecule has 1 amide bonds. The molecule has 172 valence electrons. The Labute approximate surface area is 188 Å². The highest BCUT2D eigenvalue weighted by molar-refractivity contribution is 7.98. The normalized spacial score (nSPS) is 12.9. The number of thioether (sulfide) groups is 1. The first-order valence-electron chi connectivity index (χ1n) is 11.6. The first-order chi connectivity index (χ1) is 14.6. The van der Waals surface area contributed by atoms with Gasteiger partial charge in [-0.1, -0.05) is 69.1 Å². The monoisotopic (exact) mass is 437 g/mol. The number of carbonyl (C=O) groups excluding carboxylic acids is 1. The quantitative estimate of drug-likeness (QED) is 0.165. The number of allylic oxidation sites excluding steroid dienone is 6. The number of carboxylic acid groups (broad SMARTS) is 1. The summed E-state index contributed by atoms with van der Waals surface area (Å²) in [6.07, 6.45) is 28.5. The molecule has 30 heavy (non-hydrogen) atoms. The van der Waals surface area contributed by atoms with E-state index in [1.165, 1.54) is 25.7 Å². The van der Waals surface area contributed by atoms with Crippen LogP contribution in [0.2, 0.25) is 0 Å². The summed E-state index contributed by atoms with van der Waals surface area (Å²) in [6, 6.07) is -0.758. The third-order valence-corrected chi connectivity index (χ3v) is 5.43. The number of hydrogen-bond acceptors (Lipinski definition) is 3. The lowest BCUT2D eigenvalue weighted by Crippen LogP contribution is -2.41. The molecule has 0 fully saturated rings. The van der Waals surface area contributed by atoms with Crippen molar-refractivity contribution in [2.24, 2.45) is 0 Å². The molecule has 0 unspecified atom stereocenters. The van der Waals surface area contributed by atoms with Gasteiger partial charge in [-0.05, 0) is 63.4 Å². The minimum atomic E-state index is -0.946. The van der Waals surface area contributed by atoms with Crippen LogP contribution in [0.25, 0.3) is 0 Å². The number of nitrogens with one attached hydrogen (secondary N) is 1. The molecule has 0 bridgehead atoms. The van der Waals surface area contributed by atoms with Crippen LogP contribution >= 0.6 is 11.8 Å². The molecule has 0 spiro atoms. The SMILES string of the molecule is CCCCC/C=C\C/C=C\C/C=C\CCCCCCC(=O)N[C@@H](CCSC)C(=O)O. The predicted molar refractivity (Wildman–Crippen MR) is 131 cm³/mol. The molecule has 2 N–H and O–H groups in total. The fourth-order valence-corrected chi connectivity index (χ4v) is 3.42. The van der Waals surface area contributed by atoms with Gasteiger partial charge in [0.05, 0.1) is 0 Å². The molecular formula is C25H43NO3S. The zero-order valence-corrected chi connectivity index (χ0v) is 19.9. The maximum absolute atomic E-state index is 11.9. The van der Waals surface area contributed by atoms with E-state index in [0.717, 1.165) is 50.7 Å². The van der Waals surface area contributed by atoms with E-state index in [4.69, 9.17) is 5.11 Å². The van der Waals surface area contributed by atoms with Crippen molar-refractivity contribution in [2.45, 2.75) is 96.4 Å². The molecule has 0 aliphatic rings. The highest BCUT2D eigenvalue weighted by atomic mass is 32.2. The van der Waals surface area contributed by atoms with Crippen molar-refractivity contribution in [1.29, 1.82) is 0 Å². The Bertz CT molecular complexity index is 515. The molecule has 0 heterocycles. The minimum Gasteiger partial charge on any atom is -0.480 e. The van der Waals surface area contributed by atoms with E-state index in [9.17, 15) is 9.59 Å². The van der Waals surface area contributed by atoms with Crippen LogP contribution in [0.4, 0.5) is 0 Å². The zero-order chi connectivity index (χ0) is 22.3. The van der Waals surface area contributed by atoms with Gasteiger partial charge in [-0.25, -0.2) is 4.79 Å². The third kappa shape index (κ3) is 19.8. The Kier molecular flexibility index (Phi) is 21.1. The second kappa shape index (κ2) is 22.2. The Morgan fingerprint density at radius 1 is 0.867 bits per heavy atom. The van der Waals surface area contributed by atoms with Crippen molar-refractivity contribution in [3.05, 3.63) is 36.5 Å². The van der Waals surface area contributed by atoms with E-state index >= 15 is 0 Å². The van der Waals surface area contributed by atoms with Gasteiger partial charge in [0.1, 0.15) is 6.04 Å². The second-order valence-electron chi connectivity index (χ2n) is 7.57. The predicted octanol–water partition coefficient (Wildman–Crippen LogP) is 6.68. The van der Waals surface area contributed by atoms with Crippen LogP contribution in [-0.2, 0) is 9.59 Å². The summed E-state index contributed by atoms with van der Waals surface area (Å²) in [5, 5.41) is 11.8. The van der Waals surface area contributed by atoms with Crippen molar-refractivity contribution in [3.8, 4) is 0 Å². The van der Waals surface area contributed by atoms with E-state index in [1.807, 2.05) is 6.26 Å². The van der Waals surface area contributed by atoms with Crippen molar-refractivity contribution in [3.63, 3.8) is 0 Å². The third-order valence-electron chi connectivity index (χ3n) is 4.79. The standard InChI is InChI=1S/C25H43NO3S/c1-3-4-5-6-7-8-9-10-11-12-13-14-15-16-17-18-19-20-24(27)26-23(25(28)29)21-22-30-2/h7-8,10-11,13-14,23H,3-6,9,12,15-22H2,1-2H3,(H,26,27)(H,28,29)/b8-7-,11-10-,14-13-/t23-/m0/s1. The summed E-state index contributed by atoms with van der Waals surface area (Å²) in [4.78, 5) is 23.0. The number of amides is 1. The summed E-state index contributed by atoms with van der Waals surface area (Å²) in [5.41, 5.74) is 0. The number of aliphatic carboxylic acids is 1. The molecule has 0 radical (unpaired) electrons. The molecule has 0 aromatic carbocycles. The largest absolute Gasteiger partial charge is 0.480 e. The average Bonchev–Trinajstić information content (AvgIpc) is 2.73. The molecule has 0 aromatic rings. The van der Waals surface area contributed by atoms with Gasteiger partial charge >= 0.3 is 5.97 Å². The van der Waals surface area contributed by atoms with E-state index in [1.54, 1.807) is 11.8 Å². The molecule has 1 atom stereocenters. The van der Waals surface area contributed by atoms with Crippen molar-refractivity contribution in [2.75, 3.05) is 12.0 Å². The lowest BCUT2D eigenvalue weighted by molar-refractivity contribution is -0.141.